The van der Waals surface area contributed by atoms with Gasteiger partial charge in [0, 0.05) is 18.9 Å². The molecule has 0 saturated carbocycles. The zero-order valence-electron chi connectivity index (χ0n) is 15.5. The maximum Gasteiger partial charge on any atom is 0.262 e. The number of nitrogens with zero attached hydrogens (tertiary/aromatic N) is 2. The van der Waals surface area contributed by atoms with E-state index in [1.807, 2.05) is 52.0 Å². The largest absolute Gasteiger partial charge is 0.379 e. The van der Waals surface area contributed by atoms with Crippen LogP contribution >= 0.6 is 11.8 Å². The molecule has 0 unspecified atom stereocenters. The summed E-state index contributed by atoms with van der Waals surface area (Å²) in [5.74, 6) is 0.769. The minimum Gasteiger partial charge on any atom is -0.379 e. The van der Waals surface area contributed by atoms with Crippen molar-refractivity contribution in [2.45, 2.75) is 58.0 Å². The molecule has 0 aliphatic rings. The van der Waals surface area contributed by atoms with Crippen LogP contribution in [0.1, 0.15) is 34.1 Å². The molecule has 0 aliphatic heterocycles. The van der Waals surface area contributed by atoms with Crippen LogP contribution in [0.25, 0.3) is 10.9 Å². The highest BCUT2D eigenvalue weighted by atomic mass is 32.2. The van der Waals surface area contributed by atoms with Crippen molar-refractivity contribution in [2.75, 3.05) is 19.0 Å². The summed E-state index contributed by atoms with van der Waals surface area (Å²) in [5, 5.41) is 1.41. The molecular formula is C19H28N2O3S. The van der Waals surface area contributed by atoms with Gasteiger partial charge in [0.1, 0.15) is 0 Å². The zero-order valence-corrected chi connectivity index (χ0v) is 16.3. The van der Waals surface area contributed by atoms with Crippen LogP contribution in [0, 0.1) is 0 Å². The molecular weight excluding hydrogens is 336 g/mol. The summed E-state index contributed by atoms with van der Waals surface area (Å²) >= 11 is 1.57. The molecule has 0 amide bonds. The van der Waals surface area contributed by atoms with Gasteiger partial charge in [-0.25, -0.2) is 4.98 Å². The molecule has 25 heavy (non-hydrogen) atoms. The average molecular weight is 365 g/mol. The molecule has 138 valence electrons. The average Bonchev–Trinajstić information content (AvgIpc) is 2.57. The van der Waals surface area contributed by atoms with E-state index < -0.39 is 0 Å². The van der Waals surface area contributed by atoms with E-state index in [9.17, 15) is 4.79 Å². The van der Waals surface area contributed by atoms with Crippen molar-refractivity contribution in [2.24, 2.45) is 0 Å². The maximum absolute atomic E-state index is 12.9. The molecule has 0 spiro atoms. The van der Waals surface area contributed by atoms with Crippen molar-refractivity contribution in [3.8, 4) is 0 Å². The second-order valence-electron chi connectivity index (χ2n) is 6.41. The normalized spacial score (nSPS) is 11.8. The van der Waals surface area contributed by atoms with Gasteiger partial charge in [0.2, 0.25) is 0 Å². The van der Waals surface area contributed by atoms with E-state index in [0.717, 1.165) is 22.8 Å². The molecule has 6 heteroatoms. The topological polar surface area (TPSA) is 53.4 Å². The number of hydrogen-bond acceptors (Lipinski definition) is 5. The molecule has 5 nitrogen and oxygen atoms in total. The molecule has 1 aromatic heterocycles. The number of benzene rings is 1. The fourth-order valence-corrected chi connectivity index (χ4v) is 3.27. The number of aromatic nitrogens is 2. The third kappa shape index (κ3) is 6.13. The van der Waals surface area contributed by atoms with Crippen LogP contribution in [0.4, 0.5) is 0 Å². The monoisotopic (exact) mass is 364 g/mol. The second kappa shape index (κ2) is 9.94. The van der Waals surface area contributed by atoms with Gasteiger partial charge in [-0.2, -0.15) is 0 Å². The summed E-state index contributed by atoms with van der Waals surface area (Å²) in [7, 11) is 0. The molecule has 0 atom stereocenters. The highest BCUT2D eigenvalue weighted by molar-refractivity contribution is 7.99. The standard InChI is InChI=1S/C19H28N2O3S/c1-14(2)23-11-7-10-21-18(22)16-8-5-6-9-17(16)20-19(21)25-13-12-24-15(3)4/h5-6,8-9,14-15H,7,10-13H2,1-4H3. The number of rotatable bonds is 10. The van der Waals surface area contributed by atoms with Gasteiger partial charge in [-0.05, 0) is 46.2 Å². The van der Waals surface area contributed by atoms with E-state index >= 15 is 0 Å². The lowest BCUT2D eigenvalue weighted by Gasteiger charge is -2.14. The Bertz CT molecular complexity index is 728. The number of thioether (sulfide) groups is 1. The number of para-hydroxylation sites is 1. The van der Waals surface area contributed by atoms with Gasteiger partial charge in [-0.15, -0.1) is 0 Å². The second-order valence-corrected chi connectivity index (χ2v) is 7.47. The lowest BCUT2D eigenvalue weighted by Crippen LogP contribution is -2.24. The van der Waals surface area contributed by atoms with Crippen LogP contribution in [0.15, 0.2) is 34.2 Å². The Hall–Kier alpha value is -1.37. The highest BCUT2D eigenvalue weighted by Crippen LogP contribution is 2.18. The fraction of sp³-hybridized carbons (Fsp3) is 0.579. The summed E-state index contributed by atoms with van der Waals surface area (Å²) in [6.45, 7) is 9.95. The Morgan fingerprint density at radius 3 is 2.48 bits per heavy atom. The highest BCUT2D eigenvalue weighted by Gasteiger charge is 2.11. The maximum atomic E-state index is 12.9. The van der Waals surface area contributed by atoms with Crippen molar-refractivity contribution in [1.82, 2.24) is 9.55 Å². The summed E-state index contributed by atoms with van der Waals surface area (Å²) in [6, 6.07) is 7.51. The molecule has 0 aliphatic carbocycles. The van der Waals surface area contributed by atoms with Crippen LogP contribution in [-0.4, -0.2) is 40.7 Å². The Morgan fingerprint density at radius 2 is 1.76 bits per heavy atom. The Labute approximate surface area is 153 Å². The van der Waals surface area contributed by atoms with Gasteiger partial charge in [-0.3, -0.25) is 9.36 Å². The quantitative estimate of drug-likeness (QED) is 0.365. The first kappa shape index (κ1) is 19.9. The number of fused-ring (bicyclic) bond motifs is 1. The molecule has 1 aromatic carbocycles. The lowest BCUT2D eigenvalue weighted by atomic mass is 10.2. The summed E-state index contributed by atoms with van der Waals surface area (Å²) < 4.78 is 13.0. The van der Waals surface area contributed by atoms with Crippen LogP contribution in [-0.2, 0) is 16.0 Å². The van der Waals surface area contributed by atoms with Crippen molar-refractivity contribution in [1.29, 1.82) is 0 Å². The molecule has 2 rings (SSSR count). The number of ether oxygens (including phenoxy) is 2. The third-order valence-electron chi connectivity index (χ3n) is 3.57. The molecule has 0 radical (unpaired) electrons. The molecule has 2 aromatic rings. The Morgan fingerprint density at radius 1 is 1.08 bits per heavy atom. The van der Waals surface area contributed by atoms with Crippen LogP contribution in [0.3, 0.4) is 0 Å². The van der Waals surface area contributed by atoms with Crippen LogP contribution in [0.2, 0.25) is 0 Å². The van der Waals surface area contributed by atoms with E-state index in [1.54, 1.807) is 16.3 Å². The Balaban J connectivity index is 2.17. The lowest BCUT2D eigenvalue weighted by molar-refractivity contribution is 0.0743. The molecule has 0 fully saturated rings. The van der Waals surface area contributed by atoms with Crippen LogP contribution < -0.4 is 5.56 Å². The predicted molar refractivity (Wildman–Crippen MR) is 104 cm³/mol. The van der Waals surface area contributed by atoms with E-state index in [2.05, 4.69) is 0 Å². The first-order chi connectivity index (χ1) is 12.0. The van der Waals surface area contributed by atoms with E-state index in [-0.39, 0.29) is 17.8 Å². The minimum absolute atomic E-state index is 0.0161. The third-order valence-corrected chi connectivity index (χ3v) is 4.51. The first-order valence-electron chi connectivity index (χ1n) is 8.84. The number of hydrogen-bond donors (Lipinski definition) is 0. The summed E-state index contributed by atoms with van der Waals surface area (Å²) in [6.07, 6.45) is 1.20. The zero-order chi connectivity index (χ0) is 18.2. The van der Waals surface area contributed by atoms with E-state index in [4.69, 9.17) is 14.5 Å². The van der Waals surface area contributed by atoms with E-state index in [1.165, 1.54) is 0 Å². The van der Waals surface area contributed by atoms with Gasteiger partial charge in [0.15, 0.2) is 5.16 Å². The molecule has 0 N–H and O–H groups in total. The van der Waals surface area contributed by atoms with Crippen molar-refractivity contribution < 1.29 is 9.47 Å². The van der Waals surface area contributed by atoms with Crippen molar-refractivity contribution in [3.05, 3.63) is 34.6 Å². The van der Waals surface area contributed by atoms with Gasteiger partial charge < -0.3 is 9.47 Å². The smallest absolute Gasteiger partial charge is 0.262 e. The van der Waals surface area contributed by atoms with Gasteiger partial charge in [-0.1, -0.05) is 23.9 Å². The minimum atomic E-state index is 0.0161. The molecule has 0 saturated heterocycles. The molecule has 1 heterocycles. The fourth-order valence-electron chi connectivity index (χ4n) is 2.41. The molecule has 0 bridgehead atoms. The summed E-state index contributed by atoms with van der Waals surface area (Å²) in [4.78, 5) is 17.6. The summed E-state index contributed by atoms with van der Waals surface area (Å²) in [5.41, 5.74) is 0.761. The van der Waals surface area contributed by atoms with Crippen LogP contribution in [0.5, 0.6) is 0 Å². The van der Waals surface area contributed by atoms with Gasteiger partial charge in [0.25, 0.3) is 5.56 Å². The van der Waals surface area contributed by atoms with Crippen molar-refractivity contribution in [3.63, 3.8) is 0 Å². The first-order valence-corrected chi connectivity index (χ1v) is 9.83. The Kier molecular flexibility index (Phi) is 7.93. The van der Waals surface area contributed by atoms with E-state index in [0.29, 0.717) is 25.1 Å². The van der Waals surface area contributed by atoms with Crippen molar-refractivity contribution >= 4 is 22.7 Å². The predicted octanol–water partition coefficient (Wildman–Crippen LogP) is 3.73. The SMILES string of the molecule is CC(C)OCCCn1c(SCCOC(C)C)nc2ccccc2c1=O. The van der Waals surface area contributed by atoms with Gasteiger partial charge >= 0.3 is 0 Å². The van der Waals surface area contributed by atoms with Gasteiger partial charge in [0.05, 0.1) is 29.7 Å².